The summed E-state index contributed by atoms with van der Waals surface area (Å²) in [5.41, 5.74) is 1.21. The van der Waals surface area contributed by atoms with Gasteiger partial charge in [0.15, 0.2) is 5.96 Å². The smallest absolute Gasteiger partial charge is 0.381 e. The molecule has 1 N–H and O–H groups in total. The van der Waals surface area contributed by atoms with Crippen LogP contribution >= 0.6 is 24.0 Å². The van der Waals surface area contributed by atoms with Crippen LogP contribution in [0.4, 0.5) is 13.2 Å². The highest BCUT2D eigenvalue weighted by Crippen LogP contribution is 2.35. The molecule has 2 saturated heterocycles. The quantitative estimate of drug-likeness (QED) is 0.341. The summed E-state index contributed by atoms with van der Waals surface area (Å²) in [7, 11) is 0. The molecule has 9 heteroatoms. The number of halogens is 4. The predicted octanol–water partition coefficient (Wildman–Crippen LogP) is 3.89. The number of aliphatic imine (C=N–C) groups is 1. The lowest BCUT2D eigenvalue weighted by Crippen LogP contribution is -2.57. The topological polar surface area (TPSA) is 40.1 Å². The number of rotatable bonds is 5. The molecule has 0 radical (unpaired) electrons. The molecule has 5 nitrogen and oxygen atoms in total. The minimum Gasteiger partial charge on any atom is -0.381 e. The summed E-state index contributed by atoms with van der Waals surface area (Å²) in [5.74, 6) is 0.790. The van der Waals surface area contributed by atoms with Crippen LogP contribution in [0.3, 0.4) is 0 Å². The van der Waals surface area contributed by atoms with Crippen molar-refractivity contribution in [2.24, 2.45) is 4.99 Å². The zero-order chi connectivity index (χ0) is 21.6. The Labute approximate surface area is 200 Å². The Kier molecular flexibility index (Phi) is 9.88. The number of piperazine rings is 1. The predicted molar refractivity (Wildman–Crippen MR) is 128 cm³/mol. The third-order valence-corrected chi connectivity index (χ3v) is 6.34. The molecule has 0 amide bonds. The first kappa shape index (κ1) is 26.2. The molecule has 0 spiro atoms. The first-order chi connectivity index (χ1) is 14.4. The van der Waals surface area contributed by atoms with E-state index in [1.165, 1.54) is 17.4 Å². The van der Waals surface area contributed by atoms with Gasteiger partial charge >= 0.3 is 6.18 Å². The largest absolute Gasteiger partial charge is 0.403 e. The van der Waals surface area contributed by atoms with Gasteiger partial charge < -0.3 is 15.0 Å². The van der Waals surface area contributed by atoms with Crippen LogP contribution in [-0.2, 0) is 10.2 Å². The lowest BCUT2D eigenvalue weighted by atomic mass is 9.74. The van der Waals surface area contributed by atoms with Crippen molar-refractivity contribution in [3.8, 4) is 0 Å². The van der Waals surface area contributed by atoms with E-state index in [1.54, 1.807) is 0 Å². The molecule has 1 aromatic rings. The van der Waals surface area contributed by atoms with Crippen molar-refractivity contribution in [1.29, 1.82) is 0 Å². The lowest BCUT2D eigenvalue weighted by Gasteiger charge is -2.40. The maximum absolute atomic E-state index is 13.0. The Balaban J connectivity index is 0.00000341. The van der Waals surface area contributed by atoms with Crippen molar-refractivity contribution in [1.82, 2.24) is 15.1 Å². The molecule has 3 rings (SSSR count). The van der Waals surface area contributed by atoms with Gasteiger partial charge in [-0.15, -0.1) is 24.0 Å². The van der Waals surface area contributed by atoms with Crippen LogP contribution in [-0.4, -0.2) is 80.5 Å². The first-order valence-electron chi connectivity index (χ1n) is 10.8. The Morgan fingerprint density at radius 3 is 2.29 bits per heavy atom. The van der Waals surface area contributed by atoms with Gasteiger partial charge in [0, 0.05) is 51.4 Å². The molecular formula is C22H34F3IN4O. The molecule has 1 atom stereocenters. The fraction of sp³-hybridized carbons (Fsp3) is 0.682. The highest BCUT2D eigenvalue weighted by atomic mass is 127. The summed E-state index contributed by atoms with van der Waals surface area (Å²) >= 11 is 0. The number of alkyl halides is 3. The molecule has 2 heterocycles. The summed E-state index contributed by atoms with van der Waals surface area (Å²) in [6.07, 6.45) is -2.36. The zero-order valence-corrected chi connectivity index (χ0v) is 20.7. The standard InChI is InChI=1S/C22H33F3N4O.HI/c1-3-26-20(29-13-11-28(12-14-29)18(2)22(23,24)25)27-17-21(9-15-30-16-10-21)19-7-5-4-6-8-19;/h4-8,18H,3,9-17H2,1-2H3,(H,26,27);1H. The summed E-state index contributed by atoms with van der Waals surface area (Å²) in [6.45, 7) is 7.88. The van der Waals surface area contributed by atoms with Gasteiger partial charge in [-0.2, -0.15) is 13.2 Å². The van der Waals surface area contributed by atoms with E-state index < -0.39 is 12.2 Å². The number of ether oxygens (including phenoxy) is 1. The molecule has 0 aliphatic carbocycles. The van der Waals surface area contributed by atoms with Crippen LogP contribution in [0.15, 0.2) is 35.3 Å². The molecular weight excluding hydrogens is 520 g/mol. The van der Waals surface area contributed by atoms with Gasteiger partial charge in [-0.1, -0.05) is 30.3 Å². The highest BCUT2D eigenvalue weighted by molar-refractivity contribution is 14.0. The van der Waals surface area contributed by atoms with E-state index in [0.29, 0.717) is 32.7 Å². The molecule has 0 aromatic heterocycles. The van der Waals surface area contributed by atoms with Crippen LogP contribution in [0, 0.1) is 0 Å². The average Bonchev–Trinajstić information content (AvgIpc) is 2.77. The summed E-state index contributed by atoms with van der Waals surface area (Å²) in [6, 6.07) is 9.04. The second kappa shape index (κ2) is 11.7. The van der Waals surface area contributed by atoms with Crippen molar-refractivity contribution >= 4 is 29.9 Å². The second-order valence-corrected chi connectivity index (χ2v) is 8.17. The van der Waals surface area contributed by atoms with E-state index in [0.717, 1.165) is 38.6 Å². The summed E-state index contributed by atoms with van der Waals surface area (Å²) < 4.78 is 44.7. The van der Waals surface area contributed by atoms with Gasteiger partial charge in [0.05, 0.1) is 6.54 Å². The minimum atomic E-state index is -4.19. The van der Waals surface area contributed by atoms with Gasteiger partial charge in [-0.25, -0.2) is 0 Å². The van der Waals surface area contributed by atoms with Crippen molar-refractivity contribution in [2.75, 3.05) is 52.5 Å². The van der Waals surface area contributed by atoms with E-state index in [1.807, 2.05) is 13.0 Å². The van der Waals surface area contributed by atoms with Crippen LogP contribution in [0.25, 0.3) is 0 Å². The molecule has 0 bridgehead atoms. The first-order valence-corrected chi connectivity index (χ1v) is 10.8. The van der Waals surface area contributed by atoms with Crippen molar-refractivity contribution < 1.29 is 17.9 Å². The van der Waals surface area contributed by atoms with Gasteiger partial charge in [0.1, 0.15) is 6.04 Å². The Hall–Kier alpha value is -1.07. The second-order valence-electron chi connectivity index (χ2n) is 8.17. The monoisotopic (exact) mass is 554 g/mol. The van der Waals surface area contributed by atoms with Gasteiger partial charge in [0.2, 0.25) is 0 Å². The maximum atomic E-state index is 13.0. The third-order valence-electron chi connectivity index (χ3n) is 6.34. The van der Waals surface area contributed by atoms with Crippen molar-refractivity contribution in [3.05, 3.63) is 35.9 Å². The van der Waals surface area contributed by atoms with E-state index in [2.05, 4.69) is 34.5 Å². The number of guanidine groups is 1. The fourth-order valence-electron chi connectivity index (χ4n) is 4.27. The lowest BCUT2D eigenvalue weighted by molar-refractivity contribution is -0.181. The van der Waals surface area contributed by atoms with Crippen LogP contribution in [0.2, 0.25) is 0 Å². The molecule has 2 aliphatic rings. The molecule has 0 saturated carbocycles. The van der Waals surface area contributed by atoms with Crippen molar-refractivity contribution in [3.63, 3.8) is 0 Å². The maximum Gasteiger partial charge on any atom is 0.403 e. The van der Waals surface area contributed by atoms with Gasteiger partial charge in [0.25, 0.3) is 0 Å². The van der Waals surface area contributed by atoms with E-state index in [9.17, 15) is 13.2 Å². The van der Waals surface area contributed by atoms with Gasteiger partial charge in [-0.05, 0) is 32.3 Å². The molecule has 2 fully saturated rings. The summed E-state index contributed by atoms with van der Waals surface area (Å²) in [5, 5.41) is 3.34. The third kappa shape index (κ3) is 6.71. The number of nitrogens with one attached hydrogen (secondary N) is 1. The number of hydrogen-bond acceptors (Lipinski definition) is 3. The van der Waals surface area contributed by atoms with Crippen molar-refractivity contribution in [2.45, 2.75) is 44.3 Å². The highest BCUT2D eigenvalue weighted by Gasteiger charge is 2.41. The number of benzene rings is 1. The van der Waals surface area contributed by atoms with E-state index in [-0.39, 0.29) is 29.4 Å². The minimum absolute atomic E-state index is 0. The Morgan fingerprint density at radius 1 is 1.13 bits per heavy atom. The van der Waals surface area contributed by atoms with Crippen LogP contribution in [0.1, 0.15) is 32.3 Å². The fourth-order valence-corrected chi connectivity index (χ4v) is 4.27. The SMILES string of the molecule is CCNC(=NCC1(c2ccccc2)CCOCC1)N1CCN(C(C)C(F)(F)F)CC1.I. The molecule has 2 aliphatic heterocycles. The molecule has 176 valence electrons. The average molecular weight is 554 g/mol. The van der Waals surface area contributed by atoms with Crippen LogP contribution in [0.5, 0.6) is 0 Å². The number of hydrogen-bond donors (Lipinski definition) is 1. The summed E-state index contributed by atoms with van der Waals surface area (Å²) in [4.78, 5) is 8.55. The van der Waals surface area contributed by atoms with E-state index >= 15 is 0 Å². The normalized spacial score (nSPS) is 21.3. The van der Waals surface area contributed by atoms with E-state index in [4.69, 9.17) is 9.73 Å². The van der Waals surface area contributed by atoms with Crippen LogP contribution < -0.4 is 5.32 Å². The number of nitrogens with zero attached hydrogens (tertiary/aromatic N) is 3. The molecule has 1 unspecified atom stereocenters. The van der Waals surface area contributed by atoms with Gasteiger partial charge in [-0.3, -0.25) is 9.89 Å². The molecule has 31 heavy (non-hydrogen) atoms. The Morgan fingerprint density at radius 2 is 1.74 bits per heavy atom. The Bertz CT molecular complexity index is 688. The molecule has 1 aromatic carbocycles. The zero-order valence-electron chi connectivity index (χ0n) is 18.3.